The minimum atomic E-state index is 0.193. The molecule has 0 saturated carbocycles. The lowest BCUT2D eigenvalue weighted by molar-refractivity contribution is 0.0998. The summed E-state index contributed by atoms with van der Waals surface area (Å²) in [5.74, 6) is 0.782. The number of fused-ring (bicyclic) bond motifs is 1. The maximum Gasteiger partial charge on any atom is 0.182 e. The van der Waals surface area contributed by atoms with Crippen LogP contribution in [0.25, 0.3) is 0 Å². The third kappa shape index (κ3) is 2.99. The molecule has 1 atom stereocenters. The molecular formula is C19H21NO. The smallest absolute Gasteiger partial charge is 0.182 e. The SMILES string of the molecule is Cc1ccc(C(=O)CN2CC(C)Cc3ccccc32)cc1. The number of benzene rings is 2. The van der Waals surface area contributed by atoms with E-state index in [9.17, 15) is 4.79 Å². The number of carbonyl (C=O) groups excluding carboxylic acids is 1. The largest absolute Gasteiger partial charge is 0.363 e. The lowest BCUT2D eigenvalue weighted by Crippen LogP contribution is -2.38. The summed E-state index contributed by atoms with van der Waals surface area (Å²) >= 11 is 0. The van der Waals surface area contributed by atoms with Crippen molar-refractivity contribution in [2.24, 2.45) is 5.92 Å². The second-order valence-corrected chi connectivity index (χ2v) is 6.11. The van der Waals surface area contributed by atoms with Crippen LogP contribution in [0.3, 0.4) is 0 Å². The number of anilines is 1. The van der Waals surface area contributed by atoms with Gasteiger partial charge in [0.15, 0.2) is 5.78 Å². The number of para-hydroxylation sites is 1. The first kappa shape index (κ1) is 13.9. The van der Waals surface area contributed by atoms with Gasteiger partial charge >= 0.3 is 0 Å². The van der Waals surface area contributed by atoms with Crippen LogP contribution in [0, 0.1) is 12.8 Å². The Balaban J connectivity index is 1.81. The Hall–Kier alpha value is -2.09. The van der Waals surface area contributed by atoms with Crippen LogP contribution in [0.2, 0.25) is 0 Å². The van der Waals surface area contributed by atoms with Gasteiger partial charge in [0.05, 0.1) is 6.54 Å². The third-order valence-electron chi connectivity index (χ3n) is 4.14. The number of Topliss-reactive ketones (excluding diaryl/α,β-unsaturated/α-hetero) is 1. The normalized spacial score (nSPS) is 17.4. The molecule has 2 aromatic rings. The highest BCUT2D eigenvalue weighted by molar-refractivity contribution is 5.99. The van der Waals surface area contributed by atoms with E-state index in [4.69, 9.17) is 0 Å². The Morgan fingerprint density at radius 1 is 1.14 bits per heavy atom. The minimum Gasteiger partial charge on any atom is -0.363 e. The van der Waals surface area contributed by atoms with Crippen molar-refractivity contribution < 1.29 is 4.79 Å². The minimum absolute atomic E-state index is 0.193. The first-order chi connectivity index (χ1) is 10.1. The molecule has 2 nitrogen and oxygen atoms in total. The zero-order valence-corrected chi connectivity index (χ0v) is 12.7. The van der Waals surface area contributed by atoms with Crippen molar-refractivity contribution in [3.8, 4) is 0 Å². The fourth-order valence-corrected chi connectivity index (χ4v) is 3.06. The Morgan fingerprint density at radius 2 is 1.86 bits per heavy atom. The standard InChI is InChI=1S/C19H21NO/c1-14-7-9-16(10-8-14)19(21)13-20-12-15(2)11-17-5-3-4-6-18(17)20/h3-10,15H,11-13H2,1-2H3. The van der Waals surface area contributed by atoms with Crippen molar-refractivity contribution in [2.75, 3.05) is 18.0 Å². The van der Waals surface area contributed by atoms with E-state index in [-0.39, 0.29) is 5.78 Å². The van der Waals surface area contributed by atoms with Crippen LogP contribution in [-0.2, 0) is 6.42 Å². The van der Waals surface area contributed by atoms with Gasteiger partial charge in [-0.25, -0.2) is 0 Å². The van der Waals surface area contributed by atoms with Crippen LogP contribution >= 0.6 is 0 Å². The Morgan fingerprint density at radius 3 is 2.62 bits per heavy atom. The van der Waals surface area contributed by atoms with Crippen LogP contribution < -0.4 is 4.90 Å². The highest BCUT2D eigenvalue weighted by atomic mass is 16.1. The molecule has 3 rings (SSSR count). The van der Waals surface area contributed by atoms with E-state index in [2.05, 4.69) is 36.1 Å². The first-order valence-corrected chi connectivity index (χ1v) is 7.56. The maximum absolute atomic E-state index is 12.5. The molecule has 0 bridgehead atoms. The summed E-state index contributed by atoms with van der Waals surface area (Å²) in [4.78, 5) is 14.7. The molecule has 2 heteroatoms. The second-order valence-electron chi connectivity index (χ2n) is 6.11. The summed E-state index contributed by atoms with van der Waals surface area (Å²) in [6, 6.07) is 16.3. The Bertz CT molecular complexity index is 645. The number of hydrogen-bond donors (Lipinski definition) is 0. The van der Waals surface area contributed by atoms with Gasteiger partial charge < -0.3 is 4.90 Å². The lowest BCUT2D eigenvalue weighted by Gasteiger charge is -2.34. The predicted octanol–water partition coefficient (Wildman–Crippen LogP) is 3.88. The Labute approximate surface area is 126 Å². The van der Waals surface area contributed by atoms with Gasteiger partial charge in [0.2, 0.25) is 0 Å². The predicted molar refractivity (Wildman–Crippen MR) is 87.0 cm³/mol. The maximum atomic E-state index is 12.5. The summed E-state index contributed by atoms with van der Waals surface area (Å²) in [5.41, 5.74) is 4.56. The summed E-state index contributed by atoms with van der Waals surface area (Å²) in [6.45, 7) is 5.70. The molecule has 0 aromatic heterocycles. The van der Waals surface area contributed by atoms with Crippen LogP contribution in [0.5, 0.6) is 0 Å². The van der Waals surface area contributed by atoms with Gasteiger partial charge in [-0.15, -0.1) is 0 Å². The molecule has 0 radical (unpaired) electrons. The molecule has 0 fully saturated rings. The molecule has 21 heavy (non-hydrogen) atoms. The van der Waals surface area contributed by atoms with Crippen molar-refractivity contribution in [1.82, 2.24) is 0 Å². The van der Waals surface area contributed by atoms with E-state index >= 15 is 0 Å². The van der Waals surface area contributed by atoms with Crippen molar-refractivity contribution in [2.45, 2.75) is 20.3 Å². The van der Waals surface area contributed by atoms with Crippen LogP contribution in [0.1, 0.15) is 28.4 Å². The fraction of sp³-hybridized carbons (Fsp3) is 0.316. The van der Waals surface area contributed by atoms with Gasteiger partial charge in [0.1, 0.15) is 0 Å². The number of aryl methyl sites for hydroxylation is 1. The summed E-state index contributed by atoms with van der Waals surface area (Å²) in [7, 11) is 0. The zero-order chi connectivity index (χ0) is 14.8. The molecule has 0 amide bonds. The van der Waals surface area contributed by atoms with Gasteiger partial charge in [-0.3, -0.25) is 4.79 Å². The van der Waals surface area contributed by atoms with E-state index in [0.29, 0.717) is 12.5 Å². The van der Waals surface area contributed by atoms with Gasteiger partial charge in [-0.2, -0.15) is 0 Å². The molecule has 0 spiro atoms. The van der Waals surface area contributed by atoms with E-state index < -0.39 is 0 Å². The van der Waals surface area contributed by atoms with Crippen molar-refractivity contribution in [3.05, 3.63) is 65.2 Å². The zero-order valence-electron chi connectivity index (χ0n) is 12.7. The summed E-state index contributed by atoms with van der Waals surface area (Å²) in [6.07, 6.45) is 1.10. The average Bonchev–Trinajstić information content (AvgIpc) is 2.47. The van der Waals surface area contributed by atoms with Gasteiger partial charge in [0.25, 0.3) is 0 Å². The number of ketones is 1. The van der Waals surface area contributed by atoms with E-state index in [0.717, 1.165) is 18.5 Å². The number of nitrogens with zero attached hydrogens (tertiary/aromatic N) is 1. The van der Waals surface area contributed by atoms with Crippen molar-refractivity contribution >= 4 is 11.5 Å². The molecule has 0 aliphatic carbocycles. The second kappa shape index (κ2) is 5.72. The average molecular weight is 279 g/mol. The molecule has 1 aliphatic rings. The number of carbonyl (C=O) groups is 1. The summed E-state index contributed by atoms with van der Waals surface area (Å²) in [5, 5.41) is 0. The highest BCUT2D eigenvalue weighted by Gasteiger charge is 2.23. The van der Waals surface area contributed by atoms with Crippen molar-refractivity contribution in [1.29, 1.82) is 0 Å². The summed E-state index contributed by atoms with van der Waals surface area (Å²) < 4.78 is 0. The quantitative estimate of drug-likeness (QED) is 0.795. The van der Waals surface area contributed by atoms with Gasteiger partial charge in [0, 0.05) is 17.8 Å². The fourth-order valence-electron chi connectivity index (χ4n) is 3.06. The molecule has 1 heterocycles. The van der Waals surface area contributed by atoms with Gasteiger partial charge in [-0.05, 0) is 30.9 Å². The van der Waals surface area contributed by atoms with E-state index in [1.165, 1.54) is 16.8 Å². The molecule has 2 aromatic carbocycles. The number of hydrogen-bond acceptors (Lipinski definition) is 2. The topological polar surface area (TPSA) is 20.3 Å². The molecular weight excluding hydrogens is 258 g/mol. The molecule has 0 saturated heterocycles. The van der Waals surface area contributed by atoms with Crippen LogP contribution in [0.15, 0.2) is 48.5 Å². The number of rotatable bonds is 3. The lowest BCUT2D eigenvalue weighted by atomic mass is 9.93. The van der Waals surface area contributed by atoms with E-state index in [1.54, 1.807) is 0 Å². The molecule has 1 aliphatic heterocycles. The first-order valence-electron chi connectivity index (χ1n) is 7.56. The highest BCUT2D eigenvalue weighted by Crippen LogP contribution is 2.29. The molecule has 0 N–H and O–H groups in total. The van der Waals surface area contributed by atoms with Crippen LogP contribution in [0.4, 0.5) is 5.69 Å². The van der Waals surface area contributed by atoms with Gasteiger partial charge in [-0.1, -0.05) is 55.0 Å². The molecule has 1 unspecified atom stereocenters. The molecule has 108 valence electrons. The van der Waals surface area contributed by atoms with Crippen molar-refractivity contribution in [3.63, 3.8) is 0 Å². The van der Waals surface area contributed by atoms with E-state index in [1.807, 2.05) is 31.2 Å². The Kier molecular flexibility index (Phi) is 3.78. The third-order valence-corrected chi connectivity index (χ3v) is 4.14. The monoisotopic (exact) mass is 279 g/mol. The van der Waals surface area contributed by atoms with Crippen LogP contribution in [-0.4, -0.2) is 18.9 Å².